The number of likely N-dealkylation sites (N-methyl/N-ethyl adjacent to an activating group) is 1. The molecular weight excluding hydrogens is 178 g/mol. The zero-order chi connectivity index (χ0) is 11.0. The zero-order valence-electron chi connectivity index (χ0n) is 9.29. The Labute approximate surface area is 86.1 Å². The van der Waals surface area contributed by atoms with Crippen LogP contribution in [0.25, 0.3) is 0 Å². The number of rotatable bonds is 6. The van der Waals surface area contributed by atoms with Crippen LogP contribution in [0.1, 0.15) is 19.8 Å². The first-order valence-electron chi connectivity index (χ1n) is 4.91. The lowest BCUT2D eigenvalue weighted by Gasteiger charge is -2.21. The molecule has 0 heterocycles. The van der Waals surface area contributed by atoms with E-state index in [0.29, 0.717) is 19.5 Å². The highest BCUT2D eigenvalue weighted by molar-refractivity contribution is 5.77. The molecule has 0 aromatic heterocycles. The maximum atomic E-state index is 11.4. The number of carbonyl (C=O) groups is 1. The van der Waals surface area contributed by atoms with Gasteiger partial charge in [-0.15, -0.1) is 0 Å². The first kappa shape index (κ1) is 12.9. The van der Waals surface area contributed by atoms with Crippen LogP contribution in [0.3, 0.4) is 0 Å². The molecule has 14 heavy (non-hydrogen) atoms. The molecule has 80 valence electrons. The maximum Gasteiger partial charge on any atom is 0.236 e. The van der Waals surface area contributed by atoms with Crippen molar-refractivity contribution in [1.29, 1.82) is 5.26 Å². The first-order valence-corrected chi connectivity index (χ1v) is 4.91. The third-order valence-electron chi connectivity index (χ3n) is 1.94. The summed E-state index contributed by atoms with van der Waals surface area (Å²) in [6.07, 6.45) is 1.49. The van der Waals surface area contributed by atoms with Crippen molar-refractivity contribution in [3.05, 3.63) is 0 Å². The van der Waals surface area contributed by atoms with E-state index in [4.69, 9.17) is 5.26 Å². The molecule has 0 aliphatic carbocycles. The van der Waals surface area contributed by atoms with Crippen LogP contribution in [0.4, 0.5) is 0 Å². The second-order valence-corrected chi connectivity index (χ2v) is 3.47. The summed E-state index contributed by atoms with van der Waals surface area (Å²) in [6.45, 7) is 4.05. The summed E-state index contributed by atoms with van der Waals surface area (Å²) in [5.74, 6) is 0.0939. The van der Waals surface area contributed by atoms with Crippen molar-refractivity contribution >= 4 is 5.91 Å². The molecule has 0 radical (unpaired) electrons. The molecule has 0 aromatic rings. The Balaban J connectivity index is 3.96. The van der Waals surface area contributed by atoms with Crippen molar-refractivity contribution in [3.63, 3.8) is 0 Å². The molecule has 1 amide bonds. The Morgan fingerprint density at radius 3 is 2.43 bits per heavy atom. The minimum Gasteiger partial charge on any atom is -0.348 e. The van der Waals surface area contributed by atoms with E-state index in [1.54, 1.807) is 19.0 Å². The molecule has 0 aliphatic heterocycles. The number of carbonyl (C=O) groups excluding carboxylic acids is 1. The number of nitrogens with zero attached hydrogens (tertiary/aromatic N) is 3. The van der Waals surface area contributed by atoms with Crippen LogP contribution in [0.15, 0.2) is 0 Å². The van der Waals surface area contributed by atoms with Crippen LogP contribution in [0.2, 0.25) is 0 Å². The summed E-state index contributed by atoms with van der Waals surface area (Å²) < 4.78 is 0. The molecule has 0 bridgehead atoms. The van der Waals surface area contributed by atoms with Crippen molar-refractivity contribution < 1.29 is 4.79 Å². The van der Waals surface area contributed by atoms with Gasteiger partial charge in [0.25, 0.3) is 0 Å². The minimum absolute atomic E-state index is 0.0939. The maximum absolute atomic E-state index is 11.4. The summed E-state index contributed by atoms with van der Waals surface area (Å²) in [6, 6.07) is 2.09. The molecule has 4 heteroatoms. The Bertz CT molecular complexity index is 208. The average Bonchev–Trinajstić information content (AvgIpc) is 2.14. The van der Waals surface area contributed by atoms with Gasteiger partial charge in [-0.2, -0.15) is 5.26 Å². The number of amides is 1. The van der Waals surface area contributed by atoms with E-state index in [-0.39, 0.29) is 5.91 Å². The van der Waals surface area contributed by atoms with Gasteiger partial charge in [-0.25, -0.2) is 0 Å². The smallest absolute Gasteiger partial charge is 0.236 e. The standard InChI is InChI=1S/C10H19N3O/c1-4-7-13(8-5-6-11)9-10(14)12(2)3/h4-5,7-9H2,1-3H3. The predicted molar refractivity (Wildman–Crippen MR) is 55.7 cm³/mol. The van der Waals surface area contributed by atoms with Gasteiger partial charge in [-0.3, -0.25) is 9.69 Å². The second-order valence-electron chi connectivity index (χ2n) is 3.47. The predicted octanol–water partition coefficient (Wildman–Crippen LogP) is 0.700. The molecule has 0 saturated carbocycles. The number of hydrogen-bond donors (Lipinski definition) is 0. The Hall–Kier alpha value is -1.08. The van der Waals surface area contributed by atoms with Gasteiger partial charge in [0.2, 0.25) is 5.91 Å². The zero-order valence-corrected chi connectivity index (χ0v) is 9.29. The molecular formula is C10H19N3O. The summed E-state index contributed by atoms with van der Waals surface area (Å²) in [7, 11) is 3.49. The third kappa shape index (κ3) is 5.55. The van der Waals surface area contributed by atoms with Gasteiger partial charge < -0.3 is 4.90 Å². The highest BCUT2D eigenvalue weighted by Gasteiger charge is 2.10. The topological polar surface area (TPSA) is 47.3 Å². The molecule has 0 saturated heterocycles. The van der Waals surface area contributed by atoms with Crippen LogP contribution in [0, 0.1) is 11.3 Å². The Morgan fingerprint density at radius 2 is 2.00 bits per heavy atom. The van der Waals surface area contributed by atoms with Gasteiger partial charge >= 0.3 is 0 Å². The average molecular weight is 197 g/mol. The van der Waals surface area contributed by atoms with E-state index >= 15 is 0 Å². The van der Waals surface area contributed by atoms with E-state index in [1.165, 1.54) is 0 Å². The first-order chi connectivity index (χ1) is 6.61. The molecule has 0 rings (SSSR count). The molecule has 0 N–H and O–H groups in total. The van der Waals surface area contributed by atoms with Gasteiger partial charge in [0.1, 0.15) is 0 Å². The molecule has 0 aliphatic rings. The quantitative estimate of drug-likeness (QED) is 0.629. The van der Waals surface area contributed by atoms with Crippen LogP contribution in [-0.4, -0.2) is 49.4 Å². The highest BCUT2D eigenvalue weighted by Crippen LogP contribution is 1.95. The highest BCUT2D eigenvalue weighted by atomic mass is 16.2. The van der Waals surface area contributed by atoms with Crippen molar-refractivity contribution in [2.24, 2.45) is 0 Å². The van der Waals surface area contributed by atoms with E-state index in [2.05, 4.69) is 13.0 Å². The third-order valence-corrected chi connectivity index (χ3v) is 1.94. The van der Waals surface area contributed by atoms with Crippen LogP contribution in [-0.2, 0) is 4.79 Å². The van der Waals surface area contributed by atoms with Crippen molar-refractivity contribution in [1.82, 2.24) is 9.80 Å². The van der Waals surface area contributed by atoms with Gasteiger partial charge in [0, 0.05) is 27.1 Å². The fraction of sp³-hybridized carbons (Fsp3) is 0.800. The SMILES string of the molecule is CCCN(CCC#N)CC(=O)N(C)C. The van der Waals surface area contributed by atoms with E-state index in [1.807, 2.05) is 4.90 Å². The summed E-state index contributed by atoms with van der Waals surface area (Å²) >= 11 is 0. The number of hydrogen-bond acceptors (Lipinski definition) is 3. The van der Waals surface area contributed by atoms with Gasteiger partial charge in [0.15, 0.2) is 0 Å². The van der Waals surface area contributed by atoms with Gasteiger partial charge in [-0.1, -0.05) is 6.92 Å². The number of nitriles is 1. The van der Waals surface area contributed by atoms with Crippen LogP contribution in [0.5, 0.6) is 0 Å². The second kappa shape index (κ2) is 7.34. The molecule has 4 nitrogen and oxygen atoms in total. The Kier molecular flexibility index (Phi) is 6.77. The summed E-state index contributed by atoms with van der Waals surface area (Å²) in [5.41, 5.74) is 0. The minimum atomic E-state index is 0.0939. The van der Waals surface area contributed by atoms with Gasteiger partial charge in [-0.05, 0) is 13.0 Å². The van der Waals surface area contributed by atoms with Crippen molar-refractivity contribution in [2.75, 3.05) is 33.7 Å². The lowest BCUT2D eigenvalue weighted by Crippen LogP contribution is -2.37. The van der Waals surface area contributed by atoms with Crippen molar-refractivity contribution in [3.8, 4) is 6.07 Å². The lowest BCUT2D eigenvalue weighted by atomic mass is 10.3. The lowest BCUT2D eigenvalue weighted by molar-refractivity contribution is -0.129. The van der Waals surface area contributed by atoms with Crippen LogP contribution >= 0.6 is 0 Å². The fourth-order valence-electron chi connectivity index (χ4n) is 1.13. The Morgan fingerprint density at radius 1 is 1.36 bits per heavy atom. The monoisotopic (exact) mass is 197 g/mol. The molecule has 0 aromatic carbocycles. The van der Waals surface area contributed by atoms with Crippen molar-refractivity contribution in [2.45, 2.75) is 19.8 Å². The summed E-state index contributed by atoms with van der Waals surface area (Å²) in [5, 5.41) is 8.45. The molecule has 0 atom stereocenters. The van der Waals surface area contributed by atoms with E-state index < -0.39 is 0 Å². The van der Waals surface area contributed by atoms with E-state index in [0.717, 1.165) is 13.0 Å². The molecule has 0 fully saturated rings. The molecule has 0 spiro atoms. The normalized spacial score (nSPS) is 9.93. The van der Waals surface area contributed by atoms with E-state index in [9.17, 15) is 4.79 Å². The van der Waals surface area contributed by atoms with Crippen LogP contribution < -0.4 is 0 Å². The summed E-state index contributed by atoms with van der Waals surface area (Å²) in [4.78, 5) is 15.0. The molecule has 0 unspecified atom stereocenters. The fourth-order valence-corrected chi connectivity index (χ4v) is 1.13. The largest absolute Gasteiger partial charge is 0.348 e. The van der Waals surface area contributed by atoms with Gasteiger partial charge in [0.05, 0.1) is 12.6 Å².